The first-order valence-electron chi connectivity index (χ1n) is 10.4. The second kappa shape index (κ2) is 8.80. The molecule has 0 bridgehead atoms. The van der Waals surface area contributed by atoms with Crippen LogP contribution in [0.4, 0.5) is 11.5 Å². The van der Waals surface area contributed by atoms with Crippen molar-refractivity contribution in [3.8, 4) is 0 Å². The first kappa shape index (κ1) is 21.1. The van der Waals surface area contributed by atoms with Crippen LogP contribution in [0.15, 0.2) is 12.3 Å². The SMILES string of the molecule is CC(=O)N1CCC([C@@H]2CC[C@@H](C)CN2C(=O)C(=O)Nc2cnc(N)c(C)c2)CC1. The predicted octanol–water partition coefficient (Wildman–Crippen LogP) is 1.80. The van der Waals surface area contributed by atoms with E-state index in [4.69, 9.17) is 5.73 Å². The Balaban J connectivity index is 1.69. The Morgan fingerprint density at radius 3 is 2.48 bits per heavy atom. The molecular weight excluding hydrogens is 370 g/mol. The molecule has 3 rings (SSSR count). The average molecular weight is 402 g/mol. The number of piperidine rings is 2. The van der Waals surface area contributed by atoms with Crippen LogP contribution in [0.2, 0.25) is 0 Å². The summed E-state index contributed by atoms with van der Waals surface area (Å²) in [6.45, 7) is 7.53. The highest BCUT2D eigenvalue weighted by Gasteiger charge is 2.38. The van der Waals surface area contributed by atoms with Crippen molar-refractivity contribution in [2.45, 2.75) is 52.5 Å². The summed E-state index contributed by atoms with van der Waals surface area (Å²) in [6.07, 6.45) is 5.13. The third-order valence-corrected chi connectivity index (χ3v) is 6.22. The molecule has 0 aliphatic carbocycles. The fraction of sp³-hybridized carbons (Fsp3) is 0.619. The number of nitrogen functional groups attached to an aromatic ring is 1. The fourth-order valence-electron chi connectivity index (χ4n) is 4.47. The van der Waals surface area contributed by atoms with Crippen LogP contribution in [0.5, 0.6) is 0 Å². The summed E-state index contributed by atoms with van der Waals surface area (Å²) in [7, 11) is 0. The van der Waals surface area contributed by atoms with Crippen molar-refractivity contribution in [3.63, 3.8) is 0 Å². The van der Waals surface area contributed by atoms with Crippen LogP contribution in [0.3, 0.4) is 0 Å². The number of hydrogen-bond acceptors (Lipinski definition) is 5. The van der Waals surface area contributed by atoms with Gasteiger partial charge in [-0.25, -0.2) is 4.98 Å². The molecule has 2 aliphatic heterocycles. The van der Waals surface area contributed by atoms with Gasteiger partial charge in [-0.1, -0.05) is 6.92 Å². The molecule has 2 aliphatic rings. The van der Waals surface area contributed by atoms with Crippen LogP contribution >= 0.6 is 0 Å². The van der Waals surface area contributed by atoms with E-state index in [1.165, 1.54) is 6.20 Å². The average Bonchev–Trinajstić information content (AvgIpc) is 2.70. The summed E-state index contributed by atoms with van der Waals surface area (Å²) in [5, 5.41) is 2.67. The summed E-state index contributed by atoms with van der Waals surface area (Å²) < 4.78 is 0. The smallest absolute Gasteiger partial charge is 0.313 e. The zero-order valence-corrected chi connectivity index (χ0v) is 17.5. The number of carbonyl (C=O) groups is 3. The number of pyridine rings is 1. The highest BCUT2D eigenvalue weighted by molar-refractivity contribution is 6.39. The van der Waals surface area contributed by atoms with Gasteiger partial charge < -0.3 is 20.9 Å². The molecular formula is C21H31N5O3. The topological polar surface area (TPSA) is 109 Å². The second-order valence-electron chi connectivity index (χ2n) is 8.43. The number of nitrogens with one attached hydrogen (secondary N) is 1. The zero-order chi connectivity index (χ0) is 21.1. The third-order valence-electron chi connectivity index (χ3n) is 6.22. The minimum Gasteiger partial charge on any atom is -0.383 e. The van der Waals surface area contributed by atoms with Gasteiger partial charge in [0, 0.05) is 32.6 Å². The molecule has 0 saturated carbocycles. The van der Waals surface area contributed by atoms with Gasteiger partial charge in [0.2, 0.25) is 5.91 Å². The highest BCUT2D eigenvalue weighted by Crippen LogP contribution is 2.32. The van der Waals surface area contributed by atoms with E-state index >= 15 is 0 Å². The Kier molecular flexibility index (Phi) is 6.39. The molecule has 3 N–H and O–H groups in total. The maximum absolute atomic E-state index is 13.0. The maximum Gasteiger partial charge on any atom is 0.313 e. The number of aryl methyl sites for hydroxylation is 1. The van der Waals surface area contributed by atoms with Crippen molar-refractivity contribution in [2.75, 3.05) is 30.7 Å². The molecule has 2 saturated heterocycles. The molecule has 1 aromatic heterocycles. The number of likely N-dealkylation sites (tertiary alicyclic amines) is 2. The Labute approximate surface area is 171 Å². The van der Waals surface area contributed by atoms with Gasteiger partial charge in [0.1, 0.15) is 5.82 Å². The molecule has 0 aromatic carbocycles. The quantitative estimate of drug-likeness (QED) is 0.735. The van der Waals surface area contributed by atoms with Crippen LogP contribution < -0.4 is 11.1 Å². The monoisotopic (exact) mass is 401 g/mol. The summed E-state index contributed by atoms with van der Waals surface area (Å²) in [4.78, 5) is 44.9. The zero-order valence-electron chi connectivity index (χ0n) is 17.5. The second-order valence-corrected chi connectivity index (χ2v) is 8.43. The number of aromatic nitrogens is 1. The molecule has 2 atom stereocenters. The van der Waals surface area contributed by atoms with Gasteiger partial charge >= 0.3 is 11.8 Å². The Morgan fingerprint density at radius 2 is 1.86 bits per heavy atom. The summed E-state index contributed by atoms with van der Waals surface area (Å²) in [5.74, 6) is 0.0360. The number of rotatable bonds is 2. The van der Waals surface area contributed by atoms with Gasteiger partial charge in [-0.15, -0.1) is 0 Å². The van der Waals surface area contributed by atoms with Crippen LogP contribution in [-0.4, -0.2) is 58.2 Å². The van der Waals surface area contributed by atoms with Crippen LogP contribution in [-0.2, 0) is 14.4 Å². The molecule has 29 heavy (non-hydrogen) atoms. The number of nitrogens with two attached hydrogens (primary N) is 1. The Bertz CT molecular complexity index is 789. The molecule has 158 valence electrons. The van der Waals surface area contributed by atoms with Crippen molar-refractivity contribution in [3.05, 3.63) is 17.8 Å². The number of nitrogens with zero attached hydrogens (tertiary/aromatic N) is 3. The van der Waals surface area contributed by atoms with Crippen molar-refractivity contribution < 1.29 is 14.4 Å². The molecule has 8 nitrogen and oxygen atoms in total. The minimum atomic E-state index is -0.642. The lowest BCUT2D eigenvalue weighted by atomic mass is 9.81. The van der Waals surface area contributed by atoms with Gasteiger partial charge in [-0.3, -0.25) is 14.4 Å². The molecule has 0 unspecified atom stereocenters. The number of carbonyl (C=O) groups excluding carboxylic acids is 3. The molecule has 3 amide bonds. The molecule has 2 fully saturated rings. The van der Waals surface area contributed by atoms with Gasteiger partial charge in [-0.05, 0) is 56.1 Å². The maximum atomic E-state index is 13.0. The lowest BCUT2D eigenvalue weighted by Gasteiger charge is -2.45. The summed E-state index contributed by atoms with van der Waals surface area (Å²) in [6, 6.07) is 1.76. The Morgan fingerprint density at radius 1 is 1.17 bits per heavy atom. The van der Waals surface area contributed by atoms with E-state index in [0.29, 0.717) is 29.9 Å². The van der Waals surface area contributed by atoms with E-state index in [0.717, 1.165) is 44.3 Å². The molecule has 3 heterocycles. The van der Waals surface area contributed by atoms with Crippen LogP contribution in [0.1, 0.15) is 45.1 Å². The number of amides is 3. The van der Waals surface area contributed by atoms with Crippen molar-refractivity contribution in [2.24, 2.45) is 11.8 Å². The van der Waals surface area contributed by atoms with E-state index in [1.807, 2.05) is 4.90 Å². The van der Waals surface area contributed by atoms with Crippen molar-refractivity contribution in [1.82, 2.24) is 14.8 Å². The Hall–Kier alpha value is -2.64. The van der Waals surface area contributed by atoms with Gasteiger partial charge in [0.25, 0.3) is 0 Å². The highest BCUT2D eigenvalue weighted by atomic mass is 16.2. The lowest BCUT2D eigenvalue weighted by Crippen LogP contribution is -2.54. The number of hydrogen-bond donors (Lipinski definition) is 2. The minimum absolute atomic E-state index is 0.0461. The molecule has 0 spiro atoms. The van der Waals surface area contributed by atoms with Gasteiger partial charge in [0.05, 0.1) is 11.9 Å². The molecule has 1 aromatic rings. The van der Waals surface area contributed by atoms with E-state index in [9.17, 15) is 14.4 Å². The predicted molar refractivity (Wildman–Crippen MR) is 111 cm³/mol. The first-order chi connectivity index (χ1) is 13.8. The van der Waals surface area contributed by atoms with Gasteiger partial charge in [-0.2, -0.15) is 0 Å². The third kappa shape index (κ3) is 4.86. The molecule has 8 heteroatoms. The van der Waals surface area contributed by atoms with Crippen molar-refractivity contribution in [1.29, 1.82) is 0 Å². The first-order valence-corrected chi connectivity index (χ1v) is 10.4. The van der Waals surface area contributed by atoms with Gasteiger partial charge in [0.15, 0.2) is 0 Å². The normalized spacial score (nSPS) is 23.0. The standard InChI is InChI=1S/C21H31N5O3/c1-13-4-5-18(16-6-8-25(9-7-16)15(3)27)26(12-13)21(29)20(28)24-17-10-14(2)19(22)23-11-17/h10-11,13,16,18H,4-9,12H2,1-3H3,(H2,22,23)(H,24,28)/t13-,18+/m1/s1. The number of anilines is 2. The van der Waals surface area contributed by atoms with E-state index < -0.39 is 11.8 Å². The summed E-state index contributed by atoms with van der Waals surface area (Å²) in [5.41, 5.74) is 6.93. The van der Waals surface area contributed by atoms with Crippen LogP contribution in [0, 0.1) is 18.8 Å². The van der Waals surface area contributed by atoms with Crippen molar-refractivity contribution >= 4 is 29.2 Å². The lowest BCUT2D eigenvalue weighted by molar-refractivity contribution is -0.148. The fourth-order valence-corrected chi connectivity index (χ4v) is 4.47. The summed E-state index contributed by atoms with van der Waals surface area (Å²) >= 11 is 0. The largest absolute Gasteiger partial charge is 0.383 e. The van der Waals surface area contributed by atoms with E-state index in [2.05, 4.69) is 17.2 Å². The van der Waals surface area contributed by atoms with Crippen LogP contribution in [0.25, 0.3) is 0 Å². The molecule has 0 radical (unpaired) electrons. The van der Waals surface area contributed by atoms with E-state index in [1.54, 1.807) is 24.8 Å². The van der Waals surface area contributed by atoms with E-state index in [-0.39, 0.29) is 11.9 Å².